The lowest BCUT2D eigenvalue weighted by Crippen LogP contribution is -2.68. The van der Waals surface area contributed by atoms with Crippen molar-refractivity contribution in [3.05, 3.63) is 0 Å². The van der Waals surface area contributed by atoms with Crippen molar-refractivity contribution in [3.63, 3.8) is 0 Å². The Bertz CT molecular complexity index is 1240. The van der Waals surface area contributed by atoms with Crippen LogP contribution in [0, 0.1) is 52.3 Å². The Morgan fingerprint density at radius 1 is 0.741 bits per heavy atom. The standard InChI is InChI=1S/C40H70O14/c1-19(2)21(11-14-51-37-34(29(44)25(43)17-52-37)54-36-33(48)30(45)26(50-6)18-53-36)8-7-20(3)28-31(46)32(47)35-39(28,5)13-10-27-38(4)12-9-22(41)15-23(38)24(42)16-40(27,35)49/h19-37,41-49H,7-18H2,1-6H3/t20-,21-,22+,23?,24+,25+,26-,27?,28+,29-,30+,31-,32-,33-,34+,35?,36+,37+,38+,39-,40+/m1/s1. The molecule has 0 radical (unpaired) electrons. The molecule has 14 nitrogen and oxygen atoms in total. The predicted molar refractivity (Wildman–Crippen MR) is 193 cm³/mol. The number of rotatable bonds is 12. The van der Waals surface area contributed by atoms with E-state index in [1.165, 1.54) is 7.11 Å². The van der Waals surface area contributed by atoms with Crippen LogP contribution < -0.4 is 0 Å². The molecule has 9 N–H and O–H groups in total. The average molecular weight is 775 g/mol. The molecule has 0 bridgehead atoms. The largest absolute Gasteiger partial charge is 0.393 e. The topological polar surface area (TPSA) is 228 Å². The number of aliphatic hydroxyl groups is 9. The molecule has 0 aromatic heterocycles. The summed E-state index contributed by atoms with van der Waals surface area (Å²) in [6.45, 7) is 10.7. The van der Waals surface area contributed by atoms with E-state index >= 15 is 0 Å². The van der Waals surface area contributed by atoms with Crippen LogP contribution in [0.25, 0.3) is 0 Å². The van der Waals surface area contributed by atoms with Crippen LogP contribution in [0.1, 0.15) is 92.4 Å². The van der Waals surface area contributed by atoms with Crippen molar-refractivity contribution in [2.75, 3.05) is 26.9 Å². The number of methoxy groups -OCH3 is 1. The van der Waals surface area contributed by atoms with Crippen molar-refractivity contribution in [3.8, 4) is 0 Å². The molecule has 0 aromatic carbocycles. The normalized spacial score (nSPS) is 52.0. The third kappa shape index (κ3) is 7.58. The van der Waals surface area contributed by atoms with Crippen LogP contribution in [0.15, 0.2) is 0 Å². The molecule has 0 spiro atoms. The fraction of sp³-hybridized carbons (Fsp3) is 1.00. The van der Waals surface area contributed by atoms with Gasteiger partial charge in [-0.3, -0.25) is 0 Å². The van der Waals surface area contributed by atoms with Crippen LogP contribution in [0.4, 0.5) is 0 Å². The van der Waals surface area contributed by atoms with Gasteiger partial charge < -0.3 is 69.6 Å². The number of hydrogen-bond donors (Lipinski definition) is 9. The molecule has 6 rings (SSSR count). The van der Waals surface area contributed by atoms with Crippen LogP contribution in [-0.4, -0.2) is 152 Å². The summed E-state index contributed by atoms with van der Waals surface area (Å²) in [6, 6.07) is 0. The van der Waals surface area contributed by atoms with Gasteiger partial charge in [0, 0.05) is 19.4 Å². The Labute approximate surface area is 320 Å². The fourth-order valence-corrected chi connectivity index (χ4v) is 12.6. The highest BCUT2D eigenvalue weighted by atomic mass is 16.7. The Balaban J connectivity index is 1.08. The SMILES string of the molecule is CO[C@@H]1CO[C@@H](O[C@@H]2[C@@H](OCC[C@@H](CC[C@@H](C)[C@H]3[C@@H](O)[C@@H](O)C4[C@]5(O)C[C@H](O)C6C[C@@H](O)CC[C@]6(C)C5CC[C@@]43C)C(C)C)OC[C@H](O)[C@H]2O)[C@H](O)[C@H]1O. The highest BCUT2D eigenvalue weighted by Crippen LogP contribution is 2.70. The van der Waals surface area contributed by atoms with Crippen molar-refractivity contribution in [1.29, 1.82) is 0 Å². The van der Waals surface area contributed by atoms with Gasteiger partial charge in [-0.2, -0.15) is 0 Å². The van der Waals surface area contributed by atoms with Gasteiger partial charge in [-0.05, 0) is 91.3 Å². The molecular formula is C40H70O14. The third-order valence-electron chi connectivity index (χ3n) is 15.6. The molecule has 54 heavy (non-hydrogen) atoms. The van der Waals surface area contributed by atoms with Gasteiger partial charge in [-0.15, -0.1) is 0 Å². The lowest BCUT2D eigenvalue weighted by molar-refractivity contribution is -0.344. The Kier molecular flexibility index (Phi) is 13.2. The molecule has 6 fully saturated rings. The zero-order valence-electron chi connectivity index (χ0n) is 33.0. The molecule has 21 atom stereocenters. The molecule has 2 aliphatic heterocycles. The van der Waals surface area contributed by atoms with Gasteiger partial charge >= 0.3 is 0 Å². The lowest BCUT2D eigenvalue weighted by atomic mass is 9.42. The van der Waals surface area contributed by atoms with E-state index in [4.69, 9.17) is 23.7 Å². The first-order valence-corrected chi connectivity index (χ1v) is 20.6. The Hall–Kier alpha value is -0.560. The summed E-state index contributed by atoms with van der Waals surface area (Å²) in [7, 11) is 1.39. The molecule has 2 saturated heterocycles. The van der Waals surface area contributed by atoms with Crippen LogP contribution in [0.3, 0.4) is 0 Å². The maximum Gasteiger partial charge on any atom is 0.186 e. The number of aliphatic hydroxyl groups excluding tert-OH is 8. The average Bonchev–Trinajstić information content (AvgIpc) is 3.32. The Morgan fingerprint density at radius 2 is 1.43 bits per heavy atom. The molecule has 314 valence electrons. The van der Waals surface area contributed by atoms with Crippen LogP contribution in [0.5, 0.6) is 0 Å². The van der Waals surface area contributed by atoms with Gasteiger partial charge in [0.1, 0.15) is 36.6 Å². The second kappa shape index (κ2) is 16.6. The quantitative estimate of drug-likeness (QED) is 0.133. The fourth-order valence-electron chi connectivity index (χ4n) is 12.6. The minimum atomic E-state index is -1.46. The molecule has 4 saturated carbocycles. The summed E-state index contributed by atoms with van der Waals surface area (Å²) >= 11 is 0. The molecule has 3 unspecified atom stereocenters. The summed E-state index contributed by atoms with van der Waals surface area (Å²) in [6.07, 6.45) is -7.29. The van der Waals surface area contributed by atoms with Gasteiger partial charge in [-0.25, -0.2) is 0 Å². The second-order valence-electron chi connectivity index (χ2n) is 18.9. The smallest absolute Gasteiger partial charge is 0.186 e. The van der Waals surface area contributed by atoms with Crippen molar-refractivity contribution < 1.29 is 69.6 Å². The molecule has 14 heteroatoms. The first-order chi connectivity index (χ1) is 25.4. The van der Waals surface area contributed by atoms with E-state index in [2.05, 4.69) is 34.6 Å². The Morgan fingerprint density at radius 3 is 2.11 bits per heavy atom. The highest BCUT2D eigenvalue weighted by Gasteiger charge is 2.72. The molecule has 2 heterocycles. The molecule has 6 aliphatic rings. The number of hydrogen-bond acceptors (Lipinski definition) is 14. The maximum absolute atomic E-state index is 12.6. The van der Waals surface area contributed by atoms with Gasteiger partial charge in [0.05, 0.1) is 49.8 Å². The molecule has 0 amide bonds. The van der Waals surface area contributed by atoms with E-state index in [1.54, 1.807) is 0 Å². The number of ether oxygens (including phenoxy) is 5. The summed E-state index contributed by atoms with van der Waals surface area (Å²) in [4.78, 5) is 0. The van der Waals surface area contributed by atoms with Crippen LogP contribution in [-0.2, 0) is 23.7 Å². The molecule has 0 aromatic rings. The van der Waals surface area contributed by atoms with Crippen molar-refractivity contribution >= 4 is 0 Å². The van der Waals surface area contributed by atoms with Gasteiger partial charge in [0.25, 0.3) is 0 Å². The molecule has 4 aliphatic carbocycles. The van der Waals surface area contributed by atoms with Crippen LogP contribution in [0.2, 0.25) is 0 Å². The van der Waals surface area contributed by atoms with E-state index in [-0.39, 0.29) is 61.2 Å². The van der Waals surface area contributed by atoms with Gasteiger partial charge in [0.2, 0.25) is 0 Å². The van der Waals surface area contributed by atoms with E-state index < -0.39 is 90.6 Å². The maximum atomic E-state index is 12.6. The lowest BCUT2D eigenvalue weighted by Gasteiger charge is -2.65. The minimum Gasteiger partial charge on any atom is -0.393 e. The predicted octanol–water partition coefficient (Wildman–Crippen LogP) is 0.685. The summed E-state index contributed by atoms with van der Waals surface area (Å²) in [5.74, 6) is -0.541. The van der Waals surface area contributed by atoms with Crippen molar-refractivity contribution in [1.82, 2.24) is 0 Å². The van der Waals surface area contributed by atoms with Crippen molar-refractivity contribution in [2.45, 2.75) is 172 Å². The first kappa shape index (κ1) is 43.0. The van der Waals surface area contributed by atoms with E-state index in [9.17, 15) is 46.0 Å². The third-order valence-corrected chi connectivity index (χ3v) is 15.6. The van der Waals surface area contributed by atoms with E-state index in [0.29, 0.717) is 31.6 Å². The monoisotopic (exact) mass is 774 g/mol. The van der Waals surface area contributed by atoms with E-state index in [0.717, 1.165) is 25.7 Å². The second-order valence-corrected chi connectivity index (χ2v) is 18.9. The summed E-state index contributed by atoms with van der Waals surface area (Å²) in [5, 5.41) is 100. The van der Waals surface area contributed by atoms with Gasteiger partial charge in [-0.1, -0.05) is 41.0 Å². The first-order valence-electron chi connectivity index (χ1n) is 20.6. The number of fused-ring (bicyclic) bond motifs is 5. The highest BCUT2D eigenvalue weighted by molar-refractivity contribution is 5.21. The van der Waals surface area contributed by atoms with Crippen LogP contribution >= 0.6 is 0 Å². The molecular weight excluding hydrogens is 704 g/mol. The van der Waals surface area contributed by atoms with E-state index in [1.807, 2.05) is 0 Å². The minimum absolute atomic E-state index is 0.0275. The summed E-state index contributed by atoms with van der Waals surface area (Å²) < 4.78 is 28.4. The zero-order chi connectivity index (χ0) is 39.5. The summed E-state index contributed by atoms with van der Waals surface area (Å²) in [5.41, 5.74) is -2.22. The van der Waals surface area contributed by atoms with Gasteiger partial charge in [0.15, 0.2) is 12.6 Å². The zero-order valence-corrected chi connectivity index (χ0v) is 33.0. The van der Waals surface area contributed by atoms with Crippen molar-refractivity contribution in [2.24, 2.45) is 52.3 Å².